The van der Waals surface area contributed by atoms with Crippen molar-refractivity contribution in [1.29, 1.82) is 0 Å². The van der Waals surface area contributed by atoms with Crippen LogP contribution in [-0.4, -0.2) is 30.2 Å². The number of quaternary nitrogens is 1. The van der Waals surface area contributed by atoms with E-state index in [-0.39, 0.29) is 0 Å². The third-order valence-corrected chi connectivity index (χ3v) is 6.79. The Morgan fingerprint density at radius 1 is 0.789 bits per heavy atom. The maximum Gasteiger partial charge on any atom is 0.0921 e. The van der Waals surface area contributed by atoms with Gasteiger partial charge in [-0.2, -0.15) is 0 Å². The van der Waals surface area contributed by atoms with Crippen molar-refractivity contribution < 1.29 is 4.48 Å². The zero-order valence-corrected chi connectivity index (χ0v) is 14.6. The second-order valence-electron chi connectivity index (χ2n) is 9.82. The second-order valence-corrected chi connectivity index (χ2v) is 9.82. The monoisotopic (exact) mass is 266 g/mol. The Morgan fingerprint density at radius 2 is 1.32 bits per heavy atom. The molecule has 1 heteroatoms. The first-order valence-corrected chi connectivity index (χ1v) is 8.28. The molecule has 19 heavy (non-hydrogen) atoms. The molecule has 0 N–H and O–H groups in total. The molecule has 112 valence electrons. The summed E-state index contributed by atoms with van der Waals surface area (Å²) in [4.78, 5) is 0. The Labute approximate surface area is 121 Å². The van der Waals surface area contributed by atoms with Gasteiger partial charge in [0.25, 0.3) is 0 Å². The predicted molar refractivity (Wildman–Crippen MR) is 84.0 cm³/mol. The third-order valence-electron chi connectivity index (χ3n) is 6.79. The highest BCUT2D eigenvalue weighted by molar-refractivity contribution is 4.96. The third kappa shape index (κ3) is 2.60. The van der Waals surface area contributed by atoms with Gasteiger partial charge in [0.05, 0.1) is 25.7 Å². The summed E-state index contributed by atoms with van der Waals surface area (Å²) < 4.78 is 1.20. The molecule has 3 aliphatic rings. The number of rotatable bonds is 1. The Kier molecular flexibility index (Phi) is 3.62. The van der Waals surface area contributed by atoms with Crippen molar-refractivity contribution in [2.45, 2.75) is 78.8 Å². The number of nitrogens with zero attached hydrogens (tertiary/aromatic N) is 1. The smallest absolute Gasteiger partial charge is 0.0921 e. The first kappa shape index (κ1) is 15.4. The fourth-order valence-electron chi connectivity index (χ4n) is 4.75. The van der Waals surface area contributed by atoms with Gasteiger partial charge in [-0.05, 0) is 57.3 Å². The van der Waals surface area contributed by atoms with Gasteiger partial charge in [-0.3, -0.25) is 0 Å². The van der Waals surface area contributed by atoms with Crippen molar-refractivity contribution in [1.82, 2.24) is 0 Å². The zero-order chi connectivity index (χ0) is 14.6. The van der Waals surface area contributed by atoms with E-state index in [0.717, 1.165) is 23.8 Å². The van der Waals surface area contributed by atoms with E-state index < -0.39 is 0 Å². The topological polar surface area (TPSA) is 0 Å². The first-order chi connectivity index (χ1) is 8.44. The van der Waals surface area contributed by atoms with E-state index in [1.807, 2.05) is 0 Å². The minimum absolute atomic E-state index is 0.360. The van der Waals surface area contributed by atoms with Crippen LogP contribution >= 0.6 is 0 Å². The van der Waals surface area contributed by atoms with Crippen molar-refractivity contribution >= 4 is 0 Å². The predicted octanol–water partition coefficient (Wildman–Crippen LogP) is 4.71. The summed E-state index contributed by atoms with van der Waals surface area (Å²) in [7, 11) is 4.94. The molecule has 0 aromatic heterocycles. The quantitative estimate of drug-likeness (QED) is 0.603. The van der Waals surface area contributed by atoms with Gasteiger partial charge in [-0.15, -0.1) is 0 Å². The minimum Gasteiger partial charge on any atom is -0.322 e. The van der Waals surface area contributed by atoms with Crippen LogP contribution in [-0.2, 0) is 0 Å². The van der Waals surface area contributed by atoms with Gasteiger partial charge in [0.1, 0.15) is 0 Å². The fraction of sp³-hybridized carbons (Fsp3) is 1.00. The lowest BCUT2D eigenvalue weighted by Gasteiger charge is -2.59. The van der Waals surface area contributed by atoms with E-state index in [9.17, 15) is 0 Å². The Hall–Kier alpha value is -0.0400. The van der Waals surface area contributed by atoms with Gasteiger partial charge in [0.15, 0.2) is 0 Å². The molecule has 0 saturated heterocycles. The normalized spacial score (nSPS) is 36.6. The summed E-state index contributed by atoms with van der Waals surface area (Å²) in [6.45, 7) is 14.6. The van der Waals surface area contributed by atoms with E-state index in [0.29, 0.717) is 11.0 Å². The van der Waals surface area contributed by atoms with Crippen molar-refractivity contribution in [2.24, 2.45) is 23.2 Å². The average molecular weight is 266 g/mol. The van der Waals surface area contributed by atoms with E-state index in [1.165, 1.54) is 30.2 Å². The van der Waals surface area contributed by atoms with Crippen molar-refractivity contribution in [3.63, 3.8) is 0 Å². The highest BCUT2D eigenvalue weighted by Crippen LogP contribution is 2.54. The van der Waals surface area contributed by atoms with Crippen molar-refractivity contribution in [3.05, 3.63) is 0 Å². The molecule has 0 spiro atoms. The molecule has 4 unspecified atom stereocenters. The van der Waals surface area contributed by atoms with Gasteiger partial charge in [-0.1, -0.05) is 20.8 Å². The van der Waals surface area contributed by atoms with Crippen LogP contribution in [0.2, 0.25) is 0 Å². The molecule has 0 aromatic carbocycles. The number of hydrogen-bond donors (Lipinski definition) is 0. The van der Waals surface area contributed by atoms with E-state index >= 15 is 0 Å². The van der Waals surface area contributed by atoms with Crippen LogP contribution in [0.5, 0.6) is 0 Å². The van der Waals surface area contributed by atoms with Gasteiger partial charge in [0, 0.05) is 12.3 Å². The zero-order valence-electron chi connectivity index (χ0n) is 14.6. The van der Waals surface area contributed by atoms with Crippen LogP contribution in [0.4, 0.5) is 0 Å². The Morgan fingerprint density at radius 3 is 1.68 bits per heavy atom. The highest BCUT2D eigenvalue weighted by atomic mass is 15.4. The molecule has 3 rings (SSSR count). The molecule has 0 radical (unpaired) electrons. The van der Waals surface area contributed by atoms with Crippen LogP contribution in [0.3, 0.4) is 0 Å². The summed E-state index contributed by atoms with van der Waals surface area (Å²) in [5.41, 5.74) is 0.868. The number of fused-ring (bicyclic) bond motifs is 3. The molecule has 0 amide bonds. The molecule has 0 aliphatic heterocycles. The average Bonchev–Trinajstić information content (AvgIpc) is 2.26. The first-order valence-electron chi connectivity index (χ1n) is 8.28. The molecule has 0 aromatic rings. The molecule has 3 saturated carbocycles. The van der Waals surface area contributed by atoms with Crippen molar-refractivity contribution in [2.75, 3.05) is 14.1 Å². The molecular weight excluding hydrogens is 230 g/mol. The van der Waals surface area contributed by atoms with E-state index in [2.05, 4.69) is 55.6 Å². The van der Waals surface area contributed by atoms with Gasteiger partial charge in [0.2, 0.25) is 0 Å². The van der Waals surface area contributed by atoms with Crippen LogP contribution in [0.15, 0.2) is 0 Å². The largest absolute Gasteiger partial charge is 0.322 e. The van der Waals surface area contributed by atoms with Gasteiger partial charge < -0.3 is 4.48 Å². The molecule has 4 atom stereocenters. The molecule has 3 aliphatic carbocycles. The number of hydrogen-bond acceptors (Lipinski definition) is 0. The lowest BCUT2D eigenvalue weighted by molar-refractivity contribution is -0.964. The van der Waals surface area contributed by atoms with E-state index in [4.69, 9.17) is 0 Å². The summed E-state index contributed by atoms with van der Waals surface area (Å²) in [5, 5.41) is 0. The maximum absolute atomic E-state index is 2.47. The maximum atomic E-state index is 2.47. The summed E-state index contributed by atoms with van der Waals surface area (Å²) in [6, 6.07) is 0.886. The van der Waals surface area contributed by atoms with Crippen LogP contribution in [0.1, 0.15) is 67.2 Å². The molecular formula is C18H36N+. The summed E-state index contributed by atoms with van der Waals surface area (Å²) in [5.74, 6) is 2.90. The minimum atomic E-state index is 0.360. The molecule has 0 heterocycles. The summed E-state index contributed by atoms with van der Waals surface area (Å²) >= 11 is 0. The second kappa shape index (κ2) is 4.48. The fourth-order valence-corrected chi connectivity index (χ4v) is 4.75. The van der Waals surface area contributed by atoms with Crippen molar-refractivity contribution in [3.8, 4) is 0 Å². The lowest BCUT2D eigenvalue weighted by atomic mass is 9.55. The SMILES string of the molecule is CC(C)(C)C1CC2CCC1CC2[N+](C)(C)C(C)(C)C. The highest BCUT2D eigenvalue weighted by Gasteiger charge is 2.53. The molecule has 3 fully saturated rings. The van der Waals surface area contributed by atoms with E-state index in [1.54, 1.807) is 0 Å². The standard InChI is InChI=1S/C18H36N/c1-17(2,3)15-11-14-10-9-13(15)12-16(14)19(7,8)18(4,5)6/h13-16H,9-12H2,1-8H3/q+1. The Balaban J connectivity index is 2.19. The Bertz CT molecular complexity index is 329. The van der Waals surface area contributed by atoms with Gasteiger partial charge >= 0.3 is 0 Å². The summed E-state index contributed by atoms with van der Waals surface area (Å²) in [6.07, 6.45) is 5.93. The van der Waals surface area contributed by atoms with Gasteiger partial charge in [-0.25, -0.2) is 0 Å². The van der Waals surface area contributed by atoms with Crippen LogP contribution in [0, 0.1) is 23.2 Å². The molecule has 1 nitrogen and oxygen atoms in total. The lowest BCUT2D eigenvalue weighted by Crippen LogP contribution is -2.65. The molecule has 2 bridgehead atoms. The van der Waals surface area contributed by atoms with Crippen LogP contribution < -0.4 is 0 Å². The van der Waals surface area contributed by atoms with Crippen LogP contribution in [0.25, 0.3) is 0 Å².